The number of halogens is 4. The summed E-state index contributed by atoms with van der Waals surface area (Å²) in [5.74, 6) is -0.300. The molecule has 2 aromatic carbocycles. The number of rotatable bonds is 3. The third-order valence-corrected chi connectivity index (χ3v) is 4.46. The third-order valence-electron chi connectivity index (χ3n) is 4.46. The highest BCUT2D eigenvalue weighted by atomic mass is 19.4. The van der Waals surface area contributed by atoms with Crippen LogP contribution in [0.1, 0.15) is 11.1 Å². The lowest BCUT2D eigenvalue weighted by Crippen LogP contribution is -2.51. The number of amides is 2. The highest BCUT2D eigenvalue weighted by Gasteiger charge is 2.30. The minimum atomic E-state index is -4.41. The van der Waals surface area contributed by atoms with Crippen LogP contribution in [-0.2, 0) is 12.7 Å². The minimum Gasteiger partial charge on any atom is -0.368 e. The summed E-state index contributed by atoms with van der Waals surface area (Å²) in [5.41, 5.74) is 0.547. The summed E-state index contributed by atoms with van der Waals surface area (Å²) in [7, 11) is 0. The largest absolute Gasteiger partial charge is 0.416 e. The van der Waals surface area contributed by atoms with E-state index < -0.39 is 11.7 Å². The molecular weight excluding hydrogens is 362 g/mol. The number of hydrogen-bond acceptors (Lipinski definition) is 2. The highest BCUT2D eigenvalue weighted by molar-refractivity contribution is 5.74. The second-order valence-electron chi connectivity index (χ2n) is 6.31. The Labute approximate surface area is 154 Å². The van der Waals surface area contributed by atoms with Gasteiger partial charge in [-0.25, -0.2) is 9.18 Å². The summed E-state index contributed by atoms with van der Waals surface area (Å²) >= 11 is 0. The van der Waals surface area contributed by atoms with Crippen LogP contribution in [-0.4, -0.2) is 37.1 Å². The predicted molar refractivity (Wildman–Crippen MR) is 93.9 cm³/mol. The van der Waals surface area contributed by atoms with Crippen LogP contribution in [0.3, 0.4) is 0 Å². The number of nitrogens with one attached hydrogen (secondary N) is 1. The maximum atomic E-state index is 13.0. The Bertz CT molecular complexity index is 784. The van der Waals surface area contributed by atoms with Gasteiger partial charge in [0.05, 0.1) is 5.56 Å². The van der Waals surface area contributed by atoms with Crippen LogP contribution in [0.4, 0.5) is 28.0 Å². The molecule has 27 heavy (non-hydrogen) atoms. The van der Waals surface area contributed by atoms with Gasteiger partial charge in [-0.1, -0.05) is 12.1 Å². The number of carbonyl (C=O) groups is 1. The molecule has 0 aliphatic carbocycles. The van der Waals surface area contributed by atoms with Crippen LogP contribution in [0, 0.1) is 5.82 Å². The zero-order valence-electron chi connectivity index (χ0n) is 14.5. The van der Waals surface area contributed by atoms with Crippen LogP contribution in [0.2, 0.25) is 0 Å². The van der Waals surface area contributed by atoms with E-state index in [1.54, 1.807) is 23.1 Å². The maximum Gasteiger partial charge on any atom is 0.416 e. The Balaban J connectivity index is 1.51. The summed E-state index contributed by atoms with van der Waals surface area (Å²) in [5, 5.41) is 2.66. The smallest absolute Gasteiger partial charge is 0.368 e. The van der Waals surface area contributed by atoms with Crippen molar-refractivity contribution in [3.05, 3.63) is 65.5 Å². The number of piperazine rings is 1. The number of nitrogens with zero attached hydrogens (tertiary/aromatic N) is 2. The summed E-state index contributed by atoms with van der Waals surface area (Å²) in [6.07, 6.45) is -4.41. The summed E-state index contributed by atoms with van der Waals surface area (Å²) in [4.78, 5) is 15.9. The fourth-order valence-corrected chi connectivity index (χ4v) is 2.97. The lowest BCUT2D eigenvalue weighted by atomic mass is 10.1. The van der Waals surface area contributed by atoms with Gasteiger partial charge in [-0.3, -0.25) is 0 Å². The fraction of sp³-hybridized carbons (Fsp3) is 0.316. The molecule has 0 aromatic heterocycles. The molecule has 4 nitrogen and oxygen atoms in total. The number of anilines is 1. The Morgan fingerprint density at radius 1 is 1.00 bits per heavy atom. The number of carbonyl (C=O) groups excluding carboxylic acids is 1. The molecule has 0 spiro atoms. The first kappa shape index (κ1) is 19.0. The Kier molecular flexibility index (Phi) is 5.53. The molecule has 1 N–H and O–H groups in total. The normalized spacial score (nSPS) is 15.0. The molecule has 2 amide bonds. The second-order valence-corrected chi connectivity index (χ2v) is 6.31. The van der Waals surface area contributed by atoms with E-state index in [1.165, 1.54) is 18.2 Å². The van der Waals surface area contributed by atoms with Crippen molar-refractivity contribution in [1.29, 1.82) is 0 Å². The second kappa shape index (κ2) is 7.85. The molecular formula is C19H19F4N3O. The standard InChI is InChI=1S/C19H19F4N3O/c20-16-4-6-17(7-5-16)25-8-10-26(11-9-25)18(27)24-13-14-2-1-3-15(12-14)19(21,22)23/h1-7,12H,8-11,13H2,(H,24,27). The summed E-state index contributed by atoms with van der Waals surface area (Å²) in [6.45, 7) is 2.18. The molecule has 1 aliphatic rings. The van der Waals surface area contributed by atoms with Crippen LogP contribution < -0.4 is 10.2 Å². The lowest BCUT2D eigenvalue weighted by Gasteiger charge is -2.36. The van der Waals surface area contributed by atoms with E-state index in [-0.39, 0.29) is 18.4 Å². The van der Waals surface area contributed by atoms with Crippen molar-refractivity contribution in [2.75, 3.05) is 31.1 Å². The van der Waals surface area contributed by atoms with Crippen molar-refractivity contribution in [2.45, 2.75) is 12.7 Å². The molecule has 0 atom stereocenters. The van der Waals surface area contributed by atoms with Crippen molar-refractivity contribution < 1.29 is 22.4 Å². The summed E-state index contributed by atoms with van der Waals surface area (Å²) < 4.78 is 51.2. The number of benzene rings is 2. The van der Waals surface area contributed by atoms with Crippen molar-refractivity contribution in [3.8, 4) is 0 Å². The van der Waals surface area contributed by atoms with E-state index in [9.17, 15) is 22.4 Å². The molecule has 0 saturated carbocycles. The Morgan fingerprint density at radius 2 is 1.67 bits per heavy atom. The fourth-order valence-electron chi connectivity index (χ4n) is 2.97. The van der Waals surface area contributed by atoms with Gasteiger partial charge >= 0.3 is 12.2 Å². The van der Waals surface area contributed by atoms with E-state index in [0.717, 1.165) is 17.8 Å². The number of urea groups is 1. The average molecular weight is 381 g/mol. The first-order valence-electron chi connectivity index (χ1n) is 8.52. The van der Waals surface area contributed by atoms with Gasteiger partial charge in [-0.05, 0) is 42.0 Å². The molecule has 144 valence electrons. The van der Waals surface area contributed by atoms with Gasteiger partial charge < -0.3 is 15.1 Å². The molecule has 0 bridgehead atoms. The van der Waals surface area contributed by atoms with Gasteiger partial charge in [0, 0.05) is 38.4 Å². The Morgan fingerprint density at radius 3 is 2.30 bits per heavy atom. The van der Waals surface area contributed by atoms with Crippen LogP contribution >= 0.6 is 0 Å². The summed E-state index contributed by atoms with van der Waals surface area (Å²) in [6, 6.07) is 10.8. The minimum absolute atomic E-state index is 0.0287. The van der Waals surface area contributed by atoms with Crippen molar-refractivity contribution >= 4 is 11.7 Å². The molecule has 1 aliphatic heterocycles. The van der Waals surface area contributed by atoms with Gasteiger partial charge in [0.15, 0.2) is 0 Å². The van der Waals surface area contributed by atoms with E-state index >= 15 is 0 Å². The molecule has 3 rings (SSSR count). The quantitative estimate of drug-likeness (QED) is 0.820. The lowest BCUT2D eigenvalue weighted by molar-refractivity contribution is -0.137. The highest BCUT2D eigenvalue weighted by Crippen LogP contribution is 2.29. The number of alkyl halides is 3. The zero-order chi connectivity index (χ0) is 19.4. The molecule has 2 aromatic rings. The van der Waals surface area contributed by atoms with Crippen molar-refractivity contribution in [2.24, 2.45) is 0 Å². The SMILES string of the molecule is O=C(NCc1cccc(C(F)(F)F)c1)N1CCN(c2ccc(F)cc2)CC1. The monoisotopic (exact) mass is 381 g/mol. The molecule has 8 heteroatoms. The van der Waals surface area contributed by atoms with Crippen LogP contribution in [0.25, 0.3) is 0 Å². The first-order chi connectivity index (χ1) is 12.8. The van der Waals surface area contributed by atoms with E-state index in [2.05, 4.69) is 10.2 Å². The van der Waals surface area contributed by atoms with Crippen molar-refractivity contribution in [1.82, 2.24) is 10.2 Å². The molecule has 1 saturated heterocycles. The topological polar surface area (TPSA) is 35.6 Å². The van der Waals surface area contributed by atoms with Gasteiger partial charge in [0.25, 0.3) is 0 Å². The molecule has 0 unspecified atom stereocenters. The predicted octanol–water partition coefficient (Wildman–Crippen LogP) is 3.88. The van der Waals surface area contributed by atoms with E-state index in [1.807, 2.05) is 0 Å². The Hall–Kier alpha value is -2.77. The van der Waals surface area contributed by atoms with Crippen LogP contribution in [0.5, 0.6) is 0 Å². The number of hydrogen-bond donors (Lipinski definition) is 1. The van der Waals surface area contributed by atoms with E-state index in [4.69, 9.17) is 0 Å². The molecule has 1 fully saturated rings. The van der Waals surface area contributed by atoms with Crippen LogP contribution in [0.15, 0.2) is 48.5 Å². The van der Waals surface area contributed by atoms with Gasteiger partial charge in [0.2, 0.25) is 0 Å². The van der Waals surface area contributed by atoms with Gasteiger partial charge in [-0.15, -0.1) is 0 Å². The zero-order valence-corrected chi connectivity index (χ0v) is 14.5. The molecule has 1 heterocycles. The van der Waals surface area contributed by atoms with Gasteiger partial charge in [-0.2, -0.15) is 13.2 Å². The van der Waals surface area contributed by atoms with E-state index in [0.29, 0.717) is 31.7 Å². The molecule has 0 radical (unpaired) electrons. The maximum absolute atomic E-state index is 13.0. The third kappa shape index (κ3) is 4.90. The first-order valence-corrected chi connectivity index (χ1v) is 8.52. The van der Waals surface area contributed by atoms with Gasteiger partial charge in [0.1, 0.15) is 5.82 Å². The van der Waals surface area contributed by atoms with Crippen molar-refractivity contribution in [3.63, 3.8) is 0 Å². The average Bonchev–Trinajstić information content (AvgIpc) is 2.66.